The van der Waals surface area contributed by atoms with Crippen LogP contribution in [-0.2, 0) is 0 Å². The molecule has 0 aliphatic heterocycles. The van der Waals surface area contributed by atoms with Crippen molar-refractivity contribution in [3.63, 3.8) is 0 Å². The third-order valence-corrected chi connectivity index (χ3v) is 7.91. The third kappa shape index (κ3) is 7.09. The molecule has 0 saturated heterocycles. The minimum Gasteiger partial charge on any atom is -0.490 e. The molecule has 5 aromatic rings. The second-order valence-electron chi connectivity index (χ2n) is 9.37. The molecule has 43 heavy (non-hydrogen) atoms. The van der Waals surface area contributed by atoms with Crippen LogP contribution in [0.1, 0.15) is 48.4 Å². The van der Waals surface area contributed by atoms with Gasteiger partial charge in [-0.05, 0) is 85.6 Å². The lowest BCUT2D eigenvalue weighted by Crippen LogP contribution is -2.17. The van der Waals surface area contributed by atoms with E-state index in [0.29, 0.717) is 44.6 Å². The number of aryl methyl sites for hydroxylation is 1. The molecule has 4 aromatic carbocycles. The number of esters is 1. The number of carbonyl (C=O) groups is 3. The SMILES string of the molecule is CCOc1cc(/C=N\NC(=O)c2ccc(NC(=O)c3sc4cc(C)ccc4c3Cl)cc2)ccc1OC(=O)c1ccccc1. The Morgan fingerprint density at radius 1 is 0.884 bits per heavy atom. The molecule has 2 amide bonds. The standard InChI is InChI=1S/C33H26ClN3O5S/c1-3-41-27-18-21(10-16-26(27)42-33(40)23-7-5-4-6-8-23)19-35-37-31(38)22-11-13-24(14-12-22)36-32(39)30-29(34)25-15-9-20(2)17-28(25)43-30/h4-19H,3H2,1-2H3,(H,36,39)(H,37,38)/b35-19-. The van der Waals surface area contributed by atoms with Gasteiger partial charge in [0.2, 0.25) is 0 Å². The van der Waals surface area contributed by atoms with Crippen molar-refractivity contribution >= 4 is 62.7 Å². The second-order valence-corrected chi connectivity index (χ2v) is 10.8. The van der Waals surface area contributed by atoms with Gasteiger partial charge in [0.15, 0.2) is 11.5 Å². The molecule has 1 aromatic heterocycles. The van der Waals surface area contributed by atoms with E-state index < -0.39 is 11.9 Å². The summed E-state index contributed by atoms with van der Waals surface area (Å²) in [5.41, 5.74) is 5.48. The zero-order valence-corrected chi connectivity index (χ0v) is 24.8. The number of fused-ring (bicyclic) bond motifs is 1. The van der Waals surface area contributed by atoms with Crippen LogP contribution in [0.5, 0.6) is 11.5 Å². The number of thiophene rings is 1. The number of nitrogens with one attached hydrogen (secondary N) is 2. The fraction of sp³-hybridized carbons (Fsp3) is 0.0909. The molecule has 0 spiro atoms. The van der Waals surface area contributed by atoms with Crippen LogP contribution in [-0.4, -0.2) is 30.6 Å². The molecule has 5 rings (SSSR count). The first-order valence-electron chi connectivity index (χ1n) is 13.3. The van der Waals surface area contributed by atoms with Crippen LogP contribution in [0.4, 0.5) is 5.69 Å². The highest BCUT2D eigenvalue weighted by Crippen LogP contribution is 2.36. The van der Waals surface area contributed by atoms with Crippen LogP contribution < -0.4 is 20.2 Å². The fourth-order valence-corrected chi connectivity index (χ4v) is 5.64. The predicted octanol–water partition coefficient (Wildman–Crippen LogP) is 7.50. The van der Waals surface area contributed by atoms with Crippen molar-refractivity contribution in [1.82, 2.24) is 5.43 Å². The van der Waals surface area contributed by atoms with Gasteiger partial charge in [-0.1, -0.05) is 41.9 Å². The molecule has 8 nitrogen and oxygen atoms in total. The number of hydrazone groups is 1. The first kappa shape index (κ1) is 29.5. The minimum atomic E-state index is -0.500. The Labute approximate surface area is 256 Å². The molecule has 0 saturated carbocycles. The summed E-state index contributed by atoms with van der Waals surface area (Å²) in [5, 5.41) is 8.12. The number of ether oxygens (including phenoxy) is 2. The van der Waals surface area contributed by atoms with Crippen molar-refractivity contribution in [2.45, 2.75) is 13.8 Å². The van der Waals surface area contributed by atoms with Gasteiger partial charge >= 0.3 is 5.97 Å². The topological polar surface area (TPSA) is 106 Å². The van der Waals surface area contributed by atoms with E-state index in [1.165, 1.54) is 17.6 Å². The second kappa shape index (κ2) is 13.3. The van der Waals surface area contributed by atoms with Crippen LogP contribution in [0.25, 0.3) is 10.1 Å². The van der Waals surface area contributed by atoms with Gasteiger partial charge in [-0.25, -0.2) is 10.2 Å². The number of amides is 2. The highest BCUT2D eigenvalue weighted by Gasteiger charge is 2.18. The van der Waals surface area contributed by atoms with E-state index in [4.69, 9.17) is 21.1 Å². The number of rotatable bonds is 9. The Balaban J connectivity index is 1.19. The molecule has 0 radical (unpaired) electrons. The molecule has 0 aliphatic carbocycles. The summed E-state index contributed by atoms with van der Waals surface area (Å²) in [6.45, 7) is 4.17. The summed E-state index contributed by atoms with van der Waals surface area (Å²) < 4.78 is 12.1. The number of hydrogen-bond donors (Lipinski definition) is 2. The van der Waals surface area contributed by atoms with E-state index >= 15 is 0 Å². The molecule has 0 fully saturated rings. The summed E-state index contributed by atoms with van der Waals surface area (Å²) in [6, 6.07) is 25.9. The molecule has 0 bridgehead atoms. The molecule has 10 heteroatoms. The van der Waals surface area contributed by atoms with E-state index in [1.54, 1.807) is 66.7 Å². The summed E-state index contributed by atoms with van der Waals surface area (Å²) in [6.07, 6.45) is 1.45. The number of anilines is 1. The Morgan fingerprint density at radius 3 is 2.40 bits per heavy atom. The monoisotopic (exact) mass is 611 g/mol. The minimum absolute atomic E-state index is 0.272. The van der Waals surface area contributed by atoms with Crippen molar-refractivity contribution in [3.8, 4) is 11.5 Å². The average Bonchev–Trinajstić information content (AvgIpc) is 3.34. The lowest BCUT2D eigenvalue weighted by molar-refractivity contribution is 0.0728. The molecule has 216 valence electrons. The molecule has 0 aliphatic rings. The van der Waals surface area contributed by atoms with E-state index in [9.17, 15) is 14.4 Å². The smallest absolute Gasteiger partial charge is 0.343 e. The van der Waals surface area contributed by atoms with Gasteiger partial charge in [0, 0.05) is 21.3 Å². The van der Waals surface area contributed by atoms with E-state index in [0.717, 1.165) is 15.6 Å². The Bertz CT molecular complexity index is 1840. The predicted molar refractivity (Wildman–Crippen MR) is 170 cm³/mol. The normalized spacial score (nSPS) is 11.0. The highest BCUT2D eigenvalue weighted by molar-refractivity contribution is 7.21. The van der Waals surface area contributed by atoms with Gasteiger partial charge in [-0.15, -0.1) is 11.3 Å². The van der Waals surface area contributed by atoms with Gasteiger partial charge in [0.25, 0.3) is 11.8 Å². The van der Waals surface area contributed by atoms with Crippen LogP contribution in [0.15, 0.2) is 96.1 Å². The quantitative estimate of drug-likeness (QED) is 0.0777. The largest absolute Gasteiger partial charge is 0.490 e. The molecular weight excluding hydrogens is 586 g/mol. The number of halogens is 1. The highest BCUT2D eigenvalue weighted by atomic mass is 35.5. The molecule has 2 N–H and O–H groups in total. The first-order chi connectivity index (χ1) is 20.8. The van der Waals surface area contributed by atoms with Crippen LogP contribution in [0, 0.1) is 6.92 Å². The van der Waals surface area contributed by atoms with Crippen molar-refractivity contribution in [1.29, 1.82) is 0 Å². The zero-order chi connectivity index (χ0) is 30.3. The van der Waals surface area contributed by atoms with Gasteiger partial charge in [-0.2, -0.15) is 5.10 Å². The fourth-order valence-electron chi connectivity index (χ4n) is 4.13. The number of benzene rings is 4. The van der Waals surface area contributed by atoms with Gasteiger partial charge in [0.05, 0.1) is 23.4 Å². The van der Waals surface area contributed by atoms with Crippen LogP contribution in [0.2, 0.25) is 5.02 Å². The summed E-state index contributed by atoms with van der Waals surface area (Å²) >= 11 is 7.79. The van der Waals surface area contributed by atoms with Gasteiger partial charge in [0.1, 0.15) is 4.88 Å². The lowest BCUT2D eigenvalue weighted by Gasteiger charge is -2.11. The van der Waals surface area contributed by atoms with E-state index in [-0.39, 0.29) is 11.7 Å². The lowest BCUT2D eigenvalue weighted by atomic mass is 10.2. The summed E-state index contributed by atoms with van der Waals surface area (Å²) in [7, 11) is 0. The Morgan fingerprint density at radius 2 is 1.65 bits per heavy atom. The summed E-state index contributed by atoms with van der Waals surface area (Å²) in [4.78, 5) is 38.4. The van der Waals surface area contributed by atoms with E-state index in [2.05, 4.69) is 15.8 Å². The van der Waals surface area contributed by atoms with E-state index in [1.807, 2.05) is 38.1 Å². The maximum absolute atomic E-state index is 12.9. The van der Waals surface area contributed by atoms with Crippen LogP contribution in [0.3, 0.4) is 0 Å². The van der Waals surface area contributed by atoms with Crippen molar-refractivity contribution in [2.24, 2.45) is 5.10 Å². The molecule has 0 atom stereocenters. The van der Waals surface area contributed by atoms with Crippen molar-refractivity contribution in [2.75, 3.05) is 11.9 Å². The summed E-state index contributed by atoms with van der Waals surface area (Å²) in [5.74, 6) is -0.617. The molecular formula is C33H26ClN3O5S. The maximum Gasteiger partial charge on any atom is 0.343 e. The average molecular weight is 612 g/mol. The number of carbonyl (C=O) groups excluding carboxylic acids is 3. The Kier molecular flexibility index (Phi) is 9.14. The Hall–Kier alpha value is -4.99. The third-order valence-electron chi connectivity index (χ3n) is 6.26. The van der Waals surface area contributed by atoms with Crippen molar-refractivity contribution < 1.29 is 23.9 Å². The maximum atomic E-state index is 12.9. The number of nitrogens with zero attached hydrogens (tertiary/aromatic N) is 1. The molecule has 0 unspecified atom stereocenters. The van der Waals surface area contributed by atoms with Gasteiger partial charge < -0.3 is 14.8 Å². The molecule has 1 heterocycles. The first-order valence-corrected chi connectivity index (χ1v) is 14.5. The zero-order valence-electron chi connectivity index (χ0n) is 23.2. The van der Waals surface area contributed by atoms with Crippen molar-refractivity contribution in [3.05, 3.63) is 123 Å². The number of hydrogen-bond acceptors (Lipinski definition) is 7. The van der Waals surface area contributed by atoms with Crippen LogP contribution >= 0.6 is 22.9 Å². The van der Waals surface area contributed by atoms with Gasteiger partial charge in [-0.3, -0.25) is 9.59 Å².